The molecule has 2 rings (SSSR count). The van der Waals surface area contributed by atoms with E-state index in [4.69, 9.17) is 17.3 Å². The Morgan fingerprint density at radius 2 is 2.05 bits per heavy atom. The third-order valence-electron chi connectivity index (χ3n) is 2.93. The van der Waals surface area contributed by atoms with Gasteiger partial charge in [0.15, 0.2) is 0 Å². The van der Waals surface area contributed by atoms with Crippen molar-refractivity contribution in [3.05, 3.63) is 52.8 Å². The monoisotopic (exact) mass is 274 g/mol. The van der Waals surface area contributed by atoms with Crippen molar-refractivity contribution in [1.82, 2.24) is 4.98 Å². The quantitative estimate of drug-likeness (QED) is 0.929. The van der Waals surface area contributed by atoms with Crippen LogP contribution in [0.25, 0.3) is 11.1 Å². The summed E-state index contributed by atoms with van der Waals surface area (Å²) in [7, 11) is 0. The van der Waals surface area contributed by atoms with Gasteiger partial charge in [-0.15, -0.1) is 0 Å². The van der Waals surface area contributed by atoms with Crippen LogP contribution in [0, 0.1) is 0 Å². The number of hydrogen-bond acceptors (Lipinski definition) is 2. The summed E-state index contributed by atoms with van der Waals surface area (Å²) >= 11 is 5.96. The largest absolute Gasteiger partial charge is 0.366 e. The Morgan fingerprint density at radius 3 is 2.68 bits per heavy atom. The van der Waals surface area contributed by atoms with E-state index in [1.54, 1.807) is 18.3 Å². The van der Waals surface area contributed by atoms with Gasteiger partial charge >= 0.3 is 0 Å². The second kappa shape index (κ2) is 5.41. The Morgan fingerprint density at radius 1 is 1.32 bits per heavy atom. The van der Waals surface area contributed by atoms with Crippen LogP contribution in [-0.2, 0) is 0 Å². The average molecular weight is 275 g/mol. The summed E-state index contributed by atoms with van der Waals surface area (Å²) in [5.41, 5.74) is 8.53. The minimum absolute atomic E-state index is 0.295. The topological polar surface area (TPSA) is 56.0 Å². The Bertz CT molecular complexity index is 623. The van der Waals surface area contributed by atoms with Crippen molar-refractivity contribution in [3.63, 3.8) is 0 Å². The zero-order chi connectivity index (χ0) is 14.0. The van der Waals surface area contributed by atoms with E-state index in [-0.39, 0.29) is 0 Å². The Balaban J connectivity index is 2.60. The second-order valence-electron chi connectivity index (χ2n) is 4.65. The minimum Gasteiger partial charge on any atom is -0.366 e. The number of hydrogen-bond donors (Lipinski definition) is 1. The van der Waals surface area contributed by atoms with Gasteiger partial charge in [-0.05, 0) is 29.7 Å². The molecule has 0 aliphatic rings. The standard InChI is InChI=1S/C15H15ClN2O/c1-9(2)14-11(4-3-7-18-14)10-5-6-13(16)12(8-10)15(17)19/h3-9H,1-2H3,(H2,17,19). The first kappa shape index (κ1) is 13.6. The fraction of sp³-hybridized carbons (Fsp3) is 0.200. The fourth-order valence-electron chi connectivity index (χ4n) is 2.00. The molecule has 2 aromatic rings. The number of halogens is 1. The summed E-state index contributed by atoms with van der Waals surface area (Å²) < 4.78 is 0. The van der Waals surface area contributed by atoms with E-state index in [0.29, 0.717) is 16.5 Å². The van der Waals surface area contributed by atoms with Crippen LogP contribution in [-0.4, -0.2) is 10.9 Å². The molecule has 2 N–H and O–H groups in total. The van der Waals surface area contributed by atoms with Gasteiger partial charge < -0.3 is 5.73 Å². The third kappa shape index (κ3) is 2.76. The zero-order valence-corrected chi connectivity index (χ0v) is 11.6. The van der Waals surface area contributed by atoms with Crippen molar-refractivity contribution in [3.8, 4) is 11.1 Å². The van der Waals surface area contributed by atoms with Gasteiger partial charge in [-0.25, -0.2) is 0 Å². The molecule has 0 saturated heterocycles. The molecule has 0 bridgehead atoms. The van der Waals surface area contributed by atoms with Gasteiger partial charge in [0.2, 0.25) is 5.91 Å². The Hall–Kier alpha value is -1.87. The van der Waals surface area contributed by atoms with E-state index in [2.05, 4.69) is 18.8 Å². The maximum absolute atomic E-state index is 11.3. The molecule has 98 valence electrons. The number of pyridine rings is 1. The number of aromatic nitrogens is 1. The molecule has 1 aromatic heterocycles. The molecule has 19 heavy (non-hydrogen) atoms. The van der Waals surface area contributed by atoms with E-state index >= 15 is 0 Å². The van der Waals surface area contributed by atoms with Crippen LogP contribution in [0.5, 0.6) is 0 Å². The normalized spacial score (nSPS) is 10.7. The molecule has 0 spiro atoms. The van der Waals surface area contributed by atoms with E-state index in [0.717, 1.165) is 16.8 Å². The highest BCUT2D eigenvalue weighted by molar-refractivity contribution is 6.33. The number of carbonyl (C=O) groups is 1. The number of nitrogens with zero attached hydrogens (tertiary/aromatic N) is 1. The lowest BCUT2D eigenvalue weighted by molar-refractivity contribution is 0.100. The zero-order valence-electron chi connectivity index (χ0n) is 10.9. The van der Waals surface area contributed by atoms with Crippen molar-refractivity contribution in [2.24, 2.45) is 5.73 Å². The lowest BCUT2D eigenvalue weighted by Crippen LogP contribution is -2.11. The van der Waals surface area contributed by atoms with Gasteiger partial charge in [-0.1, -0.05) is 37.6 Å². The molecule has 0 unspecified atom stereocenters. The van der Waals surface area contributed by atoms with Crippen molar-refractivity contribution < 1.29 is 4.79 Å². The van der Waals surface area contributed by atoms with Gasteiger partial charge in [-0.3, -0.25) is 9.78 Å². The van der Waals surface area contributed by atoms with E-state index < -0.39 is 5.91 Å². The van der Waals surface area contributed by atoms with Gasteiger partial charge in [0.25, 0.3) is 0 Å². The lowest BCUT2D eigenvalue weighted by Gasteiger charge is -2.12. The number of benzene rings is 1. The van der Waals surface area contributed by atoms with Crippen LogP contribution in [0.3, 0.4) is 0 Å². The van der Waals surface area contributed by atoms with E-state index in [1.165, 1.54) is 0 Å². The maximum atomic E-state index is 11.3. The number of rotatable bonds is 3. The molecule has 0 aliphatic carbocycles. The number of amides is 1. The molecule has 1 aromatic carbocycles. The van der Waals surface area contributed by atoms with Crippen LogP contribution in [0.2, 0.25) is 5.02 Å². The molecule has 0 fully saturated rings. The summed E-state index contributed by atoms with van der Waals surface area (Å²) in [5.74, 6) is -0.231. The van der Waals surface area contributed by atoms with Crippen LogP contribution in [0.1, 0.15) is 35.8 Å². The predicted octanol–water partition coefficient (Wildman–Crippen LogP) is 3.62. The van der Waals surface area contributed by atoms with Gasteiger partial charge in [0, 0.05) is 11.8 Å². The predicted molar refractivity (Wildman–Crippen MR) is 77.3 cm³/mol. The van der Waals surface area contributed by atoms with Crippen LogP contribution >= 0.6 is 11.6 Å². The van der Waals surface area contributed by atoms with Gasteiger partial charge in [0.05, 0.1) is 16.3 Å². The van der Waals surface area contributed by atoms with E-state index in [1.807, 2.05) is 18.2 Å². The smallest absolute Gasteiger partial charge is 0.250 e. The molecular weight excluding hydrogens is 260 g/mol. The summed E-state index contributed by atoms with van der Waals surface area (Å²) in [6, 6.07) is 9.13. The lowest BCUT2D eigenvalue weighted by atomic mass is 9.96. The summed E-state index contributed by atoms with van der Waals surface area (Å²) in [6.07, 6.45) is 1.77. The molecule has 0 aliphatic heterocycles. The van der Waals surface area contributed by atoms with Crippen molar-refractivity contribution in [1.29, 1.82) is 0 Å². The fourth-order valence-corrected chi connectivity index (χ4v) is 2.21. The van der Waals surface area contributed by atoms with E-state index in [9.17, 15) is 4.79 Å². The minimum atomic E-state index is -0.526. The molecule has 1 amide bonds. The average Bonchev–Trinajstić information content (AvgIpc) is 2.39. The maximum Gasteiger partial charge on any atom is 0.250 e. The van der Waals surface area contributed by atoms with Crippen LogP contribution in [0.4, 0.5) is 0 Å². The van der Waals surface area contributed by atoms with Gasteiger partial charge in [0.1, 0.15) is 0 Å². The molecule has 0 atom stereocenters. The van der Waals surface area contributed by atoms with Crippen molar-refractivity contribution in [2.45, 2.75) is 19.8 Å². The summed E-state index contributed by atoms with van der Waals surface area (Å²) in [4.78, 5) is 15.7. The number of carbonyl (C=O) groups excluding carboxylic acids is 1. The highest BCUT2D eigenvalue weighted by atomic mass is 35.5. The Labute approximate surface area is 117 Å². The highest BCUT2D eigenvalue weighted by Crippen LogP contribution is 2.29. The molecular formula is C15H15ClN2O. The molecule has 4 heteroatoms. The molecule has 1 heterocycles. The molecule has 3 nitrogen and oxygen atoms in total. The first-order chi connectivity index (χ1) is 9.00. The number of primary amides is 1. The molecule has 0 saturated carbocycles. The van der Waals surface area contributed by atoms with Gasteiger partial charge in [-0.2, -0.15) is 0 Å². The first-order valence-electron chi connectivity index (χ1n) is 6.05. The summed E-state index contributed by atoms with van der Waals surface area (Å²) in [6.45, 7) is 4.16. The molecule has 0 radical (unpaired) electrons. The van der Waals surface area contributed by atoms with Crippen LogP contribution in [0.15, 0.2) is 36.5 Å². The summed E-state index contributed by atoms with van der Waals surface area (Å²) in [5, 5.41) is 0.367. The van der Waals surface area contributed by atoms with Crippen molar-refractivity contribution >= 4 is 17.5 Å². The third-order valence-corrected chi connectivity index (χ3v) is 3.26. The number of nitrogens with two attached hydrogens (primary N) is 1. The first-order valence-corrected chi connectivity index (χ1v) is 6.43. The van der Waals surface area contributed by atoms with Crippen molar-refractivity contribution in [2.75, 3.05) is 0 Å². The highest BCUT2D eigenvalue weighted by Gasteiger charge is 2.13. The SMILES string of the molecule is CC(C)c1ncccc1-c1ccc(Cl)c(C(N)=O)c1. The van der Waals surface area contributed by atoms with Crippen LogP contribution < -0.4 is 5.73 Å². The Kier molecular flexibility index (Phi) is 3.86. The second-order valence-corrected chi connectivity index (χ2v) is 5.06.